The number of aliphatic hydroxyl groups is 1. The number of pyridine rings is 1. The maximum absolute atomic E-state index is 12.1. The van der Waals surface area contributed by atoms with Crippen molar-refractivity contribution < 1.29 is 9.90 Å². The summed E-state index contributed by atoms with van der Waals surface area (Å²) in [5, 5.41) is 14.9. The van der Waals surface area contributed by atoms with Crippen molar-refractivity contribution in [1.82, 2.24) is 4.98 Å². The van der Waals surface area contributed by atoms with E-state index in [1.54, 1.807) is 36.4 Å². The van der Waals surface area contributed by atoms with E-state index >= 15 is 0 Å². The van der Waals surface area contributed by atoms with Crippen molar-refractivity contribution in [3.8, 4) is 0 Å². The Hall–Kier alpha value is -2.40. The molecule has 0 aliphatic rings. The van der Waals surface area contributed by atoms with Crippen molar-refractivity contribution >= 4 is 17.4 Å². The van der Waals surface area contributed by atoms with E-state index in [2.05, 4.69) is 22.5 Å². The monoisotopic (exact) mass is 285 g/mol. The number of rotatable bonds is 6. The quantitative estimate of drug-likeness (QED) is 0.763. The molecule has 110 valence electrons. The number of nitrogens with zero attached hydrogens (tertiary/aromatic N) is 1. The minimum atomic E-state index is -0.258. The first kappa shape index (κ1) is 15.0. The second kappa shape index (κ2) is 7.40. The number of carbonyl (C=O) groups excluding carboxylic acids is 1. The molecule has 1 amide bonds. The van der Waals surface area contributed by atoms with Crippen LogP contribution in [-0.4, -0.2) is 22.5 Å². The number of anilines is 2. The second-order valence-corrected chi connectivity index (χ2v) is 4.64. The summed E-state index contributed by atoms with van der Waals surface area (Å²) in [7, 11) is 0. The Morgan fingerprint density at radius 1 is 1.19 bits per heavy atom. The predicted molar refractivity (Wildman–Crippen MR) is 83.3 cm³/mol. The molecule has 0 aliphatic carbocycles. The summed E-state index contributed by atoms with van der Waals surface area (Å²) in [4.78, 5) is 16.4. The molecular weight excluding hydrogens is 266 g/mol. The zero-order valence-electron chi connectivity index (χ0n) is 12.0. The van der Waals surface area contributed by atoms with Crippen molar-refractivity contribution in [2.24, 2.45) is 0 Å². The van der Waals surface area contributed by atoms with Gasteiger partial charge in [0.15, 0.2) is 0 Å². The molecule has 2 aromatic rings. The molecule has 2 rings (SSSR count). The fourth-order valence-corrected chi connectivity index (χ4v) is 1.80. The Bertz CT molecular complexity index is 597. The molecule has 1 aromatic heterocycles. The summed E-state index contributed by atoms with van der Waals surface area (Å²) in [6, 6.07) is 12.3. The minimum Gasteiger partial charge on any atom is -0.392 e. The van der Waals surface area contributed by atoms with Crippen LogP contribution in [0.25, 0.3) is 0 Å². The lowest BCUT2D eigenvalue weighted by molar-refractivity contribution is 0.102. The molecule has 5 heteroatoms. The average molecular weight is 285 g/mol. The van der Waals surface area contributed by atoms with Gasteiger partial charge >= 0.3 is 0 Å². The van der Waals surface area contributed by atoms with E-state index in [1.807, 2.05) is 6.07 Å². The van der Waals surface area contributed by atoms with Crippen LogP contribution in [0.5, 0.6) is 0 Å². The zero-order chi connectivity index (χ0) is 15.1. The van der Waals surface area contributed by atoms with Crippen molar-refractivity contribution in [2.75, 3.05) is 17.2 Å². The summed E-state index contributed by atoms with van der Waals surface area (Å²) in [6.45, 7) is 2.88. The molecule has 0 fully saturated rings. The molecule has 1 heterocycles. The summed E-state index contributed by atoms with van der Waals surface area (Å²) >= 11 is 0. The first-order valence-electron chi connectivity index (χ1n) is 6.95. The highest BCUT2D eigenvalue weighted by atomic mass is 16.3. The molecule has 0 unspecified atom stereocenters. The van der Waals surface area contributed by atoms with E-state index in [4.69, 9.17) is 5.11 Å². The van der Waals surface area contributed by atoms with Crippen LogP contribution in [0.2, 0.25) is 0 Å². The van der Waals surface area contributed by atoms with E-state index in [0.717, 1.165) is 18.5 Å². The van der Waals surface area contributed by atoms with Gasteiger partial charge in [0.25, 0.3) is 5.91 Å². The Kier molecular flexibility index (Phi) is 5.29. The van der Waals surface area contributed by atoms with Crippen LogP contribution in [-0.2, 0) is 6.61 Å². The van der Waals surface area contributed by atoms with Crippen molar-refractivity contribution in [3.63, 3.8) is 0 Å². The second-order valence-electron chi connectivity index (χ2n) is 4.64. The Morgan fingerprint density at radius 2 is 1.95 bits per heavy atom. The van der Waals surface area contributed by atoms with Gasteiger partial charge in [0.1, 0.15) is 11.5 Å². The van der Waals surface area contributed by atoms with Crippen LogP contribution in [0.3, 0.4) is 0 Å². The molecule has 0 saturated carbocycles. The third-order valence-electron chi connectivity index (χ3n) is 2.93. The van der Waals surface area contributed by atoms with Gasteiger partial charge in [0.2, 0.25) is 0 Å². The van der Waals surface area contributed by atoms with Gasteiger partial charge in [-0.2, -0.15) is 0 Å². The van der Waals surface area contributed by atoms with E-state index in [9.17, 15) is 4.79 Å². The Morgan fingerprint density at radius 3 is 2.62 bits per heavy atom. The van der Waals surface area contributed by atoms with Gasteiger partial charge in [-0.15, -0.1) is 0 Å². The van der Waals surface area contributed by atoms with Gasteiger partial charge in [0.05, 0.1) is 6.61 Å². The molecule has 1 aromatic carbocycles. The first-order valence-corrected chi connectivity index (χ1v) is 6.95. The fourth-order valence-electron chi connectivity index (χ4n) is 1.80. The van der Waals surface area contributed by atoms with Gasteiger partial charge in [0, 0.05) is 12.2 Å². The maximum atomic E-state index is 12.1. The lowest BCUT2D eigenvalue weighted by Gasteiger charge is -2.08. The summed E-state index contributed by atoms with van der Waals surface area (Å²) in [6.07, 6.45) is 0.995. The Balaban J connectivity index is 2.05. The van der Waals surface area contributed by atoms with Gasteiger partial charge in [-0.1, -0.05) is 25.1 Å². The number of amides is 1. The molecular formula is C16H19N3O2. The standard InChI is InChI=1S/C16H19N3O2/c1-2-10-17-15-5-3-4-14(19-15)16(21)18-13-8-6-12(11-20)7-9-13/h3-9,20H,2,10-11H2,1H3,(H,17,19)(H,18,21). The van der Waals surface area contributed by atoms with Crippen LogP contribution in [0, 0.1) is 0 Å². The summed E-state index contributed by atoms with van der Waals surface area (Å²) in [5.41, 5.74) is 1.84. The van der Waals surface area contributed by atoms with Crippen LogP contribution in [0.15, 0.2) is 42.5 Å². The summed E-state index contributed by atoms with van der Waals surface area (Å²) < 4.78 is 0. The molecule has 0 bridgehead atoms. The molecule has 0 aliphatic heterocycles. The van der Waals surface area contributed by atoms with Crippen LogP contribution in [0.1, 0.15) is 29.4 Å². The zero-order valence-corrected chi connectivity index (χ0v) is 12.0. The number of nitrogens with one attached hydrogen (secondary N) is 2. The van der Waals surface area contributed by atoms with E-state index < -0.39 is 0 Å². The van der Waals surface area contributed by atoms with Crippen molar-refractivity contribution in [2.45, 2.75) is 20.0 Å². The van der Waals surface area contributed by atoms with Crippen molar-refractivity contribution in [1.29, 1.82) is 0 Å². The number of benzene rings is 1. The normalized spacial score (nSPS) is 10.2. The lowest BCUT2D eigenvalue weighted by atomic mass is 10.2. The number of aromatic nitrogens is 1. The van der Waals surface area contributed by atoms with Gasteiger partial charge < -0.3 is 15.7 Å². The number of aliphatic hydroxyl groups excluding tert-OH is 1. The average Bonchev–Trinajstić information content (AvgIpc) is 2.54. The highest BCUT2D eigenvalue weighted by molar-refractivity contribution is 6.03. The highest BCUT2D eigenvalue weighted by Crippen LogP contribution is 2.12. The summed E-state index contributed by atoms with van der Waals surface area (Å²) in [5.74, 6) is 0.437. The molecule has 5 nitrogen and oxygen atoms in total. The van der Waals surface area contributed by atoms with Crippen LogP contribution < -0.4 is 10.6 Å². The molecule has 3 N–H and O–H groups in total. The van der Waals surface area contributed by atoms with Gasteiger partial charge in [-0.3, -0.25) is 4.79 Å². The highest BCUT2D eigenvalue weighted by Gasteiger charge is 2.08. The van der Waals surface area contributed by atoms with Gasteiger partial charge in [-0.25, -0.2) is 4.98 Å². The molecule has 0 spiro atoms. The third-order valence-corrected chi connectivity index (χ3v) is 2.93. The smallest absolute Gasteiger partial charge is 0.274 e. The molecule has 21 heavy (non-hydrogen) atoms. The third kappa shape index (κ3) is 4.29. The molecule has 0 atom stereocenters. The lowest BCUT2D eigenvalue weighted by Crippen LogP contribution is -2.14. The van der Waals surface area contributed by atoms with Crippen LogP contribution in [0.4, 0.5) is 11.5 Å². The molecule has 0 radical (unpaired) electrons. The Labute approximate surface area is 124 Å². The number of hydrogen-bond acceptors (Lipinski definition) is 4. The largest absolute Gasteiger partial charge is 0.392 e. The topological polar surface area (TPSA) is 74.2 Å². The number of hydrogen-bond donors (Lipinski definition) is 3. The fraction of sp³-hybridized carbons (Fsp3) is 0.250. The number of carbonyl (C=O) groups is 1. The van der Waals surface area contributed by atoms with Crippen LogP contribution >= 0.6 is 0 Å². The van der Waals surface area contributed by atoms with E-state index in [-0.39, 0.29) is 12.5 Å². The van der Waals surface area contributed by atoms with Gasteiger partial charge in [-0.05, 0) is 36.2 Å². The predicted octanol–water partition coefficient (Wildman–Crippen LogP) is 2.65. The first-order chi connectivity index (χ1) is 10.2. The molecule has 0 saturated heterocycles. The minimum absolute atomic E-state index is 0.0130. The van der Waals surface area contributed by atoms with E-state index in [1.165, 1.54) is 0 Å². The van der Waals surface area contributed by atoms with Crippen molar-refractivity contribution in [3.05, 3.63) is 53.7 Å². The SMILES string of the molecule is CCCNc1cccc(C(=O)Nc2ccc(CO)cc2)n1. The maximum Gasteiger partial charge on any atom is 0.274 e. The van der Waals surface area contributed by atoms with E-state index in [0.29, 0.717) is 17.2 Å².